The third-order valence-electron chi connectivity index (χ3n) is 5.45. The van der Waals surface area contributed by atoms with Gasteiger partial charge in [0.2, 0.25) is 0 Å². The first-order valence-corrected chi connectivity index (χ1v) is 11.1. The number of rotatable bonds is 6. The highest BCUT2D eigenvalue weighted by Crippen LogP contribution is 2.25. The first kappa shape index (κ1) is 24.3. The molecule has 0 aromatic heterocycles. The number of carboxylic acid groups (broad SMARTS) is 1. The van der Waals surface area contributed by atoms with E-state index in [9.17, 15) is 14.7 Å². The summed E-state index contributed by atoms with van der Waals surface area (Å²) in [6.07, 6.45) is 1.39. The second kappa shape index (κ2) is 10.5. The van der Waals surface area contributed by atoms with Crippen LogP contribution in [0.15, 0.2) is 42.5 Å². The van der Waals surface area contributed by atoms with Gasteiger partial charge in [0.15, 0.2) is 0 Å². The van der Waals surface area contributed by atoms with Crippen LogP contribution in [0.2, 0.25) is 0 Å². The summed E-state index contributed by atoms with van der Waals surface area (Å²) in [5.41, 5.74) is 2.47. The highest BCUT2D eigenvalue weighted by atomic mass is 16.6. The highest BCUT2D eigenvalue weighted by molar-refractivity contribution is 5.90. The van der Waals surface area contributed by atoms with E-state index in [2.05, 4.69) is 6.07 Å². The number of hydrogen-bond acceptors (Lipinski definition) is 5. The molecule has 0 aliphatic carbocycles. The van der Waals surface area contributed by atoms with E-state index in [4.69, 9.17) is 14.7 Å². The molecule has 0 saturated carbocycles. The van der Waals surface area contributed by atoms with Gasteiger partial charge in [-0.25, -0.2) is 9.59 Å². The number of ether oxygens (including phenoxy) is 2. The fourth-order valence-corrected chi connectivity index (χ4v) is 3.79. The van der Waals surface area contributed by atoms with Gasteiger partial charge in [-0.05, 0) is 86.6 Å². The van der Waals surface area contributed by atoms with Crippen LogP contribution in [0.3, 0.4) is 0 Å². The fourth-order valence-electron chi connectivity index (χ4n) is 3.79. The zero-order chi connectivity index (χ0) is 24.0. The van der Waals surface area contributed by atoms with Crippen molar-refractivity contribution in [3.05, 3.63) is 59.2 Å². The van der Waals surface area contributed by atoms with Crippen molar-refractivity contribution in [1.82, 2.24) is 4.90 Å². The first-order chi connectivity index (χ1) is 15.6. The fraction of sp³-hybridized carbons (Fsp3) is 0.423. The molecule has 0 unspecified atom stereocenters. The zero-order valence-corrected chi connectivity index (χ0v) is 19.3. The summed E-state index contributed by atoms with van der Waals surface area (Å²) in [6, 6.07) is 14.3. The van der Waals surface area contributed by atoms with Gasteiger partial charge in [-0.2, -0.15) is 5.26 Å². The van der Waals surface area contributed by atoms with E-state index in [1.807, 2.05) is 32.9 Å². The number of carbonyl (C=O) groups excluding carboxylic acids is 1. The predicted molar refractivity (Wildman–Crippen MR) is 124 cm³/mol. The average molecular weight is 451 g/mol. The normalized spacial score (nSPS) is 14.5. The van der Waals surface area contributed by atoms with E-state index in [1.165, 1.54) is 0 Å². The quantitative estimate of drug-likeness (QED) is 0.658. The topological polar surface area (TPSA) is 99.9 Å². The number of nitriles is 1. The van der Waals surface area contributed by atoms with Gasteiger partial charge < -0.3 is 19.5 Å². The summed E-state index contributed by atoms with van der Waals surface area (Å²) < 4.78 is 11.4. The van der Waals surface area contributed by atoms with Crippen molar-refractivity contribution in [3.8, 4) is 17.2 Å². The molecule has 33 heavy (non-hydrogen) atoms. The van der Waals surface area contributed by atoms with Gasteiger partial charge >= 0.3 is 12.1 Å². The van der Waals surface area contributed by atoms with Gasteiger partial charge in [0, 0.05) is 19.7 Å². The molecule has 0 atom stereocenters. The molecule has 1 fully saturated rings. The van der Waals surface area contributed by atoms with Crippen LogP contribution in [-0.2, 0) is 16.1 Å². The van der Waals surface area contributed by atoms with Crippen LogP contribution in [0.1, 0.15) is 55.1 Å². The maximum Gasteiger partial charge on any atom is 0.410 e. The number of amides is 1. The second-order valence-corrected chi connectivity index (χ2v) is 9.34. The molecule has 3 rings (SSSR count). The van der Waals surface area contributed by atoms with Crippen molar-refractivity contribution < 1.29 is 24.2 Å². The van der Waals surface area contributed by atoms with Crippen molar-refractivity contribution in [2.24, 2.45) is 5.92 Å². The minimum atomic E-state index is -1.01. The molecule has 0 bridgehead atoms. The molecule has 1 amide bonds. The number of aromatic carboxylic acids is 1. The second-order valence-electron chi connectivity index (χ2n) is 9.34. The summed E-state index contributed by atoms with van der Waals surface area (Å²) in [4.78, 5) is 25.6. The molecule has 7 nitrogen and oxygen atoms in total. The molecule has 2 aromatic carbocycles. The first-order valence-electron chi connectivity index (χ1n) is 11.1. The summed E-state index contributed by atoms with van der Waals surface area (Å²) in [6.45, 7) is 7.67. The highest BCUT2D eigenvalue weighted by Gasteiger charge is 2.26. The lowest BCUT2D eigenvalue weighted by molar-refractivity contribution is 0.0105. The van der Waals surface area contributed by atoms with Crippen molar-refractivity contribution in [1.29, 1.82) is 5.26 Å². The number of carbonyl (C=O) groups is 2. The molecule has 1 aliphatic rings. The number of carboxylic acids is 1. The van der Waals surface area contributed by atoms with E-state index in [-0.39, 0.29) is 11.7 Å². The third kappa shape index (κ3) is 7.06. The van der Waals surface area contributed by atoms with Crippen molar-refractivity contribution in [2.75, 3.05) is 19.7 Å². The van der Waals surface area contributed by atoms with Crippen molar-refractivity contribution >= 4 is 12.1 Å². The molecule has 1 heterocycles. The van der Waals surface area contributed by atoms with Gasteiger partial charge in [0.25, 0.3) is 0 Å². The van der Waals surface area contributed by atoms with Crippen LogP contribution in [-0.4, -0.2) is 47.4 Å². The Kier molecular flexibility index (Phi) is 7.72. The number of nitrogens with zero attached hydrogens (tertiary/aromatic N) is 2. The van der Waals surface area contributed by atoms with E-state index >= 15 is 0 Å². The molecular weight excluding hydrogens is 420 g/mol. The standard InChI is InChI=1S/C26H30N2O5/c1-26(2,3)33-25(31)28-9-7-18(8-10-28)16-32-17-20-12-22(14-23(13-20)24(29)30)21-6-4-5-19(11-21)15-27/h4-6,11-14,18H,7-10,16-17H2,1-3H3,(H,29,30). The Bertz CT molecular complexity index is 1040. The summed E-state index contributed by atoms with van der Waals surface area (Å²) in [7, 11) is 0. The van der Waals surface area contributed by atoms with Gasteiger partial charge in [-0.15, -0.1) is 0 Å². The largest absolute Gasteiger partial charge is 0.478 e. The number of benzene rings is 2. The SMILES string of the molecule is CC(C)(C)OC(=O)N1CCC(COCc2cc(C(=O)O)cc(-c3cccc(C#N)c3)c2)CC1. The number of piperidine rings is 1. The molecule has 1 aliphatic heterocycles. The monoisotopic (exact) mass is 450 g/mol. The van der Waals surface area contributed by atoms with Crippen LogP contribution in [0.4, 0.5) is 4.79 Å². The van der Waals surface area contributed by atoms with E-state index < -0.39 is 11.6 Å². The third-order valence-corrected chi connectivity index (χ3v) is 5.45. The van der Waals surface area contributed by atoms with Crippen molar-refractivity contribution in [3.63, 3.8) is 0 Å². The predicted octanol–water partition coefficient (Wildman–Crippen LogP) is 5.09. The Morgan fingerprint density at radius 3 is 2.48 bits per heavy atom. The Balaban J connectivity index is 1.58. The van der Waals surface area contributed by atoms with E-state index in [0.29, 0.717) is 37.8 Å². The van der Waals surface area contributed by atoms with Crippen LogP contribution in [0.5, 0.6) is 0 Å². The molecular formula is C26H30N2O5. The maximum absolute atomic E-state index is 12.2. The summed E-state index contributed by atoms with van der Waals surface area (Å²) >= 11 is 0. The average Bonchev–Trinajstić information content (AvgIpc) is 2.78. The number of hydrogen-bond donors (Lipinski definition) is 1. The Morgan fingerprint density at radius 1 is 1.12 bits per heavy atom. The lowest BCUT2D eigenvalue weighted by Crippen LogP contribution is -2.42. The van der Waals surface area contributed by atoms with Crippen LogP contribution < -0.4 is 0 Å². The summed E-state index contributed by atoms with van der Waals surface area (Å²) in [5.74, 6) is -0.679. The molecule has 2 aromatic rings. The zero-order valence-electron chi connectivity index (χ0n) is 19.3. The maximum atomic E-state index is 12.2. The van der Waals surface area contributed by atoms with E-state index in [1.54, 1.807) is 35.2 Å². The van der Waals surface area contributed by atoms with Crippen LogP contribution in [0.25, 0.3) is 11.1 Å². The van der Waals surface area contributed by atoms with Crippen LogP contribution >= 0.6 is 0 Å². The minimum absolute atomic E-state index is 0.180. The molecule has 7 heteroatoms. The van der Waals surface area contributed by atoms with Gasteiger partial charge in [-0.3, -0.25) is 0 Å². The Hall–Kier alpha value is -3.37. The Labute approximate surface area is 194 Å². The molecule has 174 valence electrons. The van der Waals surface area contributed by atoms with Gasteiger partial charge in [0.05, 0.1) is 23.8 Å². The minimum Gasteiger partial charge on any atom is -0.478 e. The molecule has 1 saturated heterocycles. The lowest BCUT2D eigenvalue weighted by atomic mass is 9.97. The Morgan fingerprint density at radius 2 is 1.85 bits per heavy atom. The van der Waals surface area contributed by atoms with E-state index in [0.717, 1.165) is 29.5 Å². The molecule has 0 spiro atoms. The molecule has 1 N–H and O–H groups in total. The smallest absolute Gasteiger partial charge is 0.410 e. The van der Waals surface area contributed by atoms with Crippen molar-refractivity contribution in [2.45, 2.75) is 45.8 Å². The van der Waals surface area contributed by atoms with Crippen LogP contribution in [0, 0.1) is 17.2 Å². The lowest BCUT2D eigenvalue weighted by Gasteiger charge is -2.33. The molecule has 0 radical (unpaired) electrons. The summed E-state index contributed by atoms with van der Waals surface area (Å²) in [5, 5.41) is 18.7. The van der Waals surface area contributed by atoms with Gasteiger partial charge in [0.1, 0.15) is 5.60 Å². The number of likely N-dealkylation sites (tertiary alicyclic amines) is 1. The van der Waals surface area contributed by atoms with Gasteiger partial charge in [-0.1, -0.05) is 12.1 Å².